The van der Waals surface area contributed by atoms with E-state index in [2.05, 4.69) is 31.9 Å². The summed E-state index contributed by atoms with van der Waals surface area (Å²) in [4.78, 5) is 222. The summed E-state index contributed by atoms with van der Waals surface area (Å²) >= 11 is 0. The highest BCUT2D eigenvalue weighted by atomic mass is 16.6. The summed E-state index contributed by atoms with van der Waals surface area (Å²) in [5.74, 6) is -10.5. The molecular formula is C89H134N14O17. The fourth-order valence-corrected chi connectivity index (χ4v) is 16.0. The number of carbonyl (C=O) groups is 15. The van der Waals surface area contributed by atoms with Crippen LogP contribution in [0.3, 0.4) is 0 Å². The van der Waals surface area contributed by atoms with Crippen molar-refractivity contribution in [2.24, 2.45) is 29.6 Å². The number of amides is 13. The Morgan fingerprint density at radius 3 is 1.48 bits per heavy atom. The summed E-state index contributed by atoms with van der Waals surface area (Å²) in [7, 11) is 9.95. The first-order chi connectivity index (χ1) is 56.6. The monoisotopic (exact) mass is 1670 g/mol. The van der Waals surface area contributed by atoms with Crippen LogP contribution in [0.25, 0.3) is 11.1 Å². The highest BCUT2D eigenvalue weighted by Gasteiger charge is 2.45. The Hall–Kier alpha value is -10.3. The normalized spacial score (nSPS) is 16.2. The van der Waals surface area contributed by atoms with E-state index in [9.17, 15) is 77.0 Å². The van der Waals surface area contributed by atoms with Crippen LogP contribution >= 0.6 is 0 Å². The van der Waals surface area contributed by atoms with Crippen LogP contribution in [0.1, 0.15) is 189 Å². The van der Waals surface area contributed by atoms with Gasteiger partial charge in [0.2, 0.25) is 70.9 Å². The molecule has 2 fully saturated rings. The second-order valence-electron chi connectivity index (χ2n) is 34.6. The Balaban J connectivity index is 1.05. The number of hydrogen-bond acceptors (Lipinski definition) is 17. The van der Waals surface area contributed by atoms with Gasteiger partial charge in [-0.2, -0.15) is 0 Å². The second-order valence-corrected chi connectivity index (χ2v) is 34.6. The third-order valence-corrected chi connectivity index (χ3v) is 23.3. The van der Waals surface area contributed by atoms with Gasteiger partial charge in [-0.1, -0.05) is 154 Å². The second kappa shape index (κ2) is 46.5. The highest BCUT2D eigenvalue weighted by Crippen LogP contribution is 2.45. The van der Waals surface area contributed by atoms with E-state index in [0.29, 0.717) is 31.5 Å². The van der Waals surface area contributed by atoms with Crippen LogP contribution in [-0.2, 0) is 78.3 Å². The number of rotatable bonds is 43. The van der Waals surface area contributed by atoms with Crippen molar-refractivity contribution in [1.29, 1.82) is 0 Å². The van der Waals surface area contributed by atoms with Crippen molar-refractivity contribution in [2.75, 3.05) is 88.7 Å². The van der Waals surface area contributed by atoms with Gasteiger partial charge in [0.1, 0.15) is 67.0 Å². The Morgan fingerprint density at radius 1 is 0.450 bits per heavy atom. The van der Waals surface area contributed by atoms with Crippen molar-refractivity contribution < 1.29 is 81.8 Å². The predicted octanol–water partition coefficient (Wildman–Crippen LogP) is 5.99. The van der Waals surface area contributed by atoms with Gasteiger partial charge >= 0.3 is 12.1 Å². The van der Waals surface area contributed by atoms with Gasteiger partial charge in [-0.3, -0.25) is 77.3 Å². The molecule has 3 aliphatic rings. The maximum Gasteiger partial charge on any atom is 0.410 e. The molecule has 6 rings (SSSR count). The number of aliphatic carboxylic acids is 1. The molecule has 3 aromatic rings. The Kier molecular flexibility index (Phi) is 38.1. The molecule has 0 radical (unpaired) electrons. The van der Waals surface area contributed by atoms with Gasteiger partial charge in [0, 0.05) is 74.8 Å². The Bertz CT molecular complexity index is 4010. The molecule has 1 saturated carbocycles. The van der Waals surface area contributed by atoms with Gasteiger partial charge in [-0.15, -0.1) is 0 Å². The molecule has 1 aliphatic heterocycles. The number of benzene rings is 3. The minimum Gasteiger partial charge on any atom is -0.481 e. The number of likely N-dealkylation sites (tertiary alicyclic amines) is 1. The average Bonchev–Trinajstić information content (AvgIpc) is 1.62. The molecule has 31 heteroatoms. The molecule has 11 atom stereocenters. The largest absolute Gasteiger partial charge is 0.481 e. The van der Waals surface area contributed by atoms with E-state index in [1.807, 2.05) is 104 Å². The quantitative estimate of drug-likeness (QED) is 0.0342. The summed E-state index contributed by atoms with van der Waals surface area (Å²) in [5, 5.41) is 26.6. The summed E-state index contributed by atoms with van der Waals surface area (Å²) in [6.07, 6.45) is 5.28. The minimum absolute atomic E-state index is 0.0227. The molecule has 1 saturated heterocycles. The minimum atomic E-state index is -1.32. The Labute approximate surface area is 708 Å². The lowest BCUT2D eigenvalue weighted by Crippen LogP contribution is -2.61. The van der Waals surface area contributed by atoms with Gasteiger partial charge in [-0.25, -0.2) is 4.79 Å². The summed E-state index contributed by atoms with van der Waals surface area (Å²) in [5.41, 5.74) is 4.85. The summed E-state index contributed by atoms with van der Waals surface area (Å²) < 4.78 is 5.80. The lowest BCUT2D eigenvalue weighted by molar-refractivity contribution is -0.156. The van der Waals surface area contributed by atoms with Gasteiger partial charge in [0.15, 0.2) is 5.78 Å². The molecule has 0 bridgehead atoms. The standard InChI is InChI=1S/C89H134N14O17/c1-53(2)43-69(95-80(110)60(12)98(15)89(119)120-52-68-66-39-29-27-37-64(66)65-38-28-30-40-67(65)68)83(113)96(13)51-63(104)49-90-57(9)78(108)94-71(45-55(5)6)85(115)100(17)73(47-61-33-23-20-24-34-61)86(116)97(14)59(11)79(109)91-50-75(105)93-70(44-54(3)4)84(114)99(16)72(46-56(7)8)81(111)92-58(10)82(112)102(19)77(62-35-25-21-26-36-62)88(118)101(18)74(48-76(106)107)87(117)103-41-31-22-32-42-103/h20,23-24,27-30,33-34,37-40,53-60,62,68-74,77,90H,21-22,25-26,31-32,35-36,41-52H2,1-19H3,(H,91,109)(H,92,111)(H,93,105)(H,94,108)(H,95,110)(H,106,107)/t57-,58-,59-,60-,69-,70-,71-,72-,73-,74-,77-/m0/s1. The van der Waals surface area contributed by atoms with Gasteiger partial charge in [0.25, 0.3) is 0 Å². The molecule has 13 amide bonds. The third-order valence-electron chi connectivity index (χ3n) is 23.3. The number of hydrogen-bond donors (Lipinski definition) is 7. The lowest BCUT2D eigenvalue weighted by atomic mass is 9.82. The summed E-state index contributed by atoms with van der Waals surface area (Å²) in [6, 6.07) is 11.8. The zero-order valence-electron chi connectivity index (χ0n) is 74.0. The average molecular weight is 1670 g/mol. The number of nitrogens with zero attached hydrogens (tertiary/aromatic N) is 8. The maximum atomic E-state index is 14.9. The van der Waals surface area contributed by atoms with E-state index in [-0.39, 0.29) is 80.8 Å². The molecular weight excluding hydrogens is 1540 g/mol. The molecule has 31 nitrogen and oxygen atoms in total. The first-order valence-electron chi connectivity index (χ1n) is 42.5. The fourth-order valence-electron chi connectivity index (χ4n) is 16.0. The molecule has 2 aliphatic carbocycles. The number of fused-ring (bicyclic) bond motifs is 3. The van der Waals surface area contributed by atoms with Crippen LogP contribution in [0.4, 0.5) is 4.79 Å². The summed E-state index contributed by atoms with van der Waals surface area (Å²) in [6.45, 7) is 20.2. The third kappa shape index (κ3) is 27.6. The number of Topliss-reactive ketones (excluding diaryl/α,β-unsaturated/α-hetero) is 1. The highest BCUT2D eigenvalue weighted by molar-refractivity contribution is 5.99. The zero-order valence-corrected chi connectivity index (χ0v) is 74.0. The van der Waals surface area contributed by atoms with E-state index in [0.717, 1.165) is 70.6 Å². The van der Waals surface area contributed by atoms with Crippen molar-refractivity contribution in [3.8, 4) is 11.1 Å². The molecule has 120 heavy (non-hydrogen) atoms. The van der Waals surface area contributed by atoms with Crippen molar-refractivity contribution in [3.05, 3.63) is 95.6 Å². The van der Waals surface area contributed by atoms with E-state index in [1.54, 1.807) is 35.2 Å². The van der Waals surface area contributed by atoms with Crippen LogP contribution in [0, 0.1) is 29.6 Å². The smallest absolute Gasteiger partial charge is 0.410 e. The number of carbonyl (C=O) groups excluding carboxylic acids is 14. The van der Waals surface area contributed by atoms with Crippen LogP contribution in [0.15, 0.2) is 78.9 Å². The number of ketones is 1. The van der Waals surface area contributed by atoms with Crippen molar-refractivity contribution in [2.45, 2.75) is 245 Å². The van der Waals surface area contributed by atoms with E-state index in [1.165, 1.54) is 102 Å². The number of ether oxygens (including phenoxy) is 1. The molecule has 0 spiro atoms. The molecule has 1 heterocycles. The molecule has 0 aromatic heterocycles. The number of likely N-dealkylation sites (N-methyl/N-ethyl adjacent to an activating group) is 7. The van der Waals surface area contributed by atoms with Crippen molar-refractivity contribution in [3.63, 3.8) is 0 Å². The van der Waals surface area contributed by atoms with Crippen molar-refractivity contribution >= 4 is 88.7 Å². The fraction of sp³-hybridized carbons (Fsp3) is 0.629. The lowest BCUT2D eigenvalue weighted by Gasteiger charge is -2.41. The zero-order chi connectivity index (χ0) is 89.3. The van der Waals surface area contributed by atoms with Crippen LogP contribution in [0.5, 0.6) is 0 Å². The maximum absolute atomic E-state index is 14.9. The number of piperidine rings is 1. The molecule has 662 valence electrons. The van der Waals surface area contributed by atoms with Gasteiger partial charge in [0.05, 0.1) is 32.1 Å². The first-order valence-corrected chi connectivity index (χ1v) is 42.5. The van der Waals surface area contributed by atoms with Crippen LogP contribution in [0.2, 0.25) is 0 Å². The number of carboxylic acid groups (broad SMARTS) is 1. The van der Waals surface area contributed by atoms with E-state index in [4.69, 9.17) is 4.74 Å². The van der Waals surface area contributed by atoms with Gasteiger partial charge < -0.3 is 70.7 Å². The first kappa shape index (κ1) is 98.5. The number of carboxylic acids is 1. The molecule has 3 aromatic carbocycles. The number of nitrogens with one attached hydrogen (secondary N) is 6. The van der Waals surface area contributed by atoms with Crippen LogP contribution in [-0.4, -0.2) is 288 Å². The Morgan fingerprint density at radius 2 is 0.933 bits per heavy atom. The van der Waals surface area contributed by atoms with Crippen molar-refractivity contribution in [1.82, 2.24) is 71.1 Å². The van der Waals surface area contributed by atoms with Crippen LogP contribution < -0.4 is 31.9 Å². The molecule has 0 unspecified atom stereocenters. The van der Waals surface area contributed by atoms with E-state index >= 15 is 0 Å². The van der Waals surface area contributed by atoms with E-state index < -0.39 is 175 Å². The SMILES string of the molecule is CC(C)C[C@H](NC(=O)[C@H](C)N(C)C(=O)OCC1c2ccccc2-c2ccccc21)C(=O)N(C)CC(=O)CN[C@@H](C)C(=O)N[C@@H](CC(C)C)C(=O)N(C)[C@@H](Cc1ccccc1)C(=O)N(C)[C@@H](C)C(=O)NCC(=O)N[C@@H](CC(C)C)C(=O)N(C)[C@@H](CC(C)C)C(=O)N[C@@H](C)C(=O)N(C)[C@H](C(=O)N(C)[C@@H](CC(=O)O)C(=O)N1CCCCC1)C1CCCCC1. The topological polar surface area (TPSA) is 384 Å². The molecule has 7 N–H and O–H groups in total. The van der Waals surface area contributed by atoms with Gasteiger partial charge in [-0.05, 0) is 143 Å². The predicted molar refractivity (Wildman–Crippen MR) is 454 cm³/mol.